The predicted molar refractivity (Wildman–Crippen MR) is 132 cm³/mol. The summed E-state index contributed by atoms with van der Waals surface area (Å²) in [7, 11) is 0. The molecule has 1 unspecified atom stereocenters. The van der Waals surface area contributed by atoms with Crippen LogP contribution in [0.3, 0.4) is 0 Å². The van der Waals surface area contributed by atoms with E-state index in [0.717, 1.165) is 56.0 Å². The molecule has 0 aliphatic carbocycles. The van der Waals surface area contributed by atoms with E-state index < -0.39 is 0 Å². The molecule has 0 radical (unpaired) electrons. The van der Waals surface area contributed by atoms with Crippen molar-refractivity contribution in [2.24, 2.45) is 10.9 Å². The van der Waals surface area contributed by atoms with Gasteiger partial charge in [-0.3, -0.25) is 19.9 Å². The Morgan fingerprint density at radius 3 is 2.70 bits per heavy atom. The Morgan fingerprint density at radius 1 is 1.15 bits per heavy atom. The standard InChI is InChI=1S/C26H33N5O2/c1-17(2)22-15-19(24(32)30-26-27-11-5-12-28-26)8-9-23(22)29-21-7-4-6-20(14-21)25(33)31-13-10-18(3)16-31/h4,6-9,14-15,17-18,29H,5,10-13,16H2,1-3H3,(H2,27,28,30,32). The summed E-state index contributed by atoms with van der Waals surface area (Å²) in [6, 6.07) is 13.3. The van der Waals surface area contributed by atoms with E-state index in [0.29, 0.717) is 23.0 Å². The zero-order chi connectivity index (χ0) is 23.4. The largest absolute Gasteiger partial charge is 0.356 e. The topological polar surface area (TPSA) is 85.8 Å². The number of likely N-dealkylation sites (tertiary alicyclic amines) is 1. The van der Waals surface area contributed by atoms with Crippen molar-refractivity contribution in [3.8, 4) is 0 Å². The lowest BCUT2D eigenvalue weighted by Crippen LogP contribution is -2.43. The van der Waals surface area contributed by atoms with Crippen LogP contribution in [0.2, 0.25) is 0 Å². The second-order valence-corrected chi connectivity index (χ2v) is 9.27. The summed E-state index contributed by atoms with van der Waals surface area (Å²) in [5.74, 6) is 1.21. The van der Waals surface area contributed by atoms with Crippen LogP contribution in [0.5, 0.6) is 0 Å². The van der Waals surface area contributed by atoms with Crippen LogP contribution in [0.25, 0.3) is 0 Å². The lowest BCUT2D eigenvalue weighted by Gasteiger charge is -2.19. The quantitative estimate of drug-likeness (QED) is 0.644. The zero-order valence-electron chi connectivity index (χ0n) is 19.6. The van der Waals surface area contributed by atoms with Crippen molar-refractivity contribution >= 4 is 29.1 Å². The third-order valence-corrected chi connectivity index (χ3v) is 6.16. The van der Waals surface area contributed by atoms with Crippen molar-refractivity contribution in [3.05, 3.63) is 59.2 Å². The molecule has 3 N–H and O–H groups in total. The third kappa shape index (κ3) is 5.53. The van der Waals surface area contributed by atoms with Crippen LogP contribution in [0.4, 0.5) is 11.4 Å². The summed E-state index contributed by atoms with van der Waals surface area (Å²) in [4.78, 5) is 31.9. The molecule has 2 aromatic carbocycles. The Kier molecular flexibility index (Phi) is 6.96. The van der Waals surface area contributed by atoms with Crippen LogP contribution in [-0.2, 0) is 0 Å². The molecule has 0 aromatic heterocycles. The number of hydrogen-bond donors (Lipinski definition) is 3. The number of hydrogen-bond acceptors (Lipinski definition) is 5. The van der Waals surface area contributed by atoms with Gasteiger partial charge in [0.25, 0.3) is 11.8 Å². The monoisotopic (exact) mass is 447 g/mol. The maximum Gasteiger partial charge on any atom is 0.257 e. The van der Waals surface area contributed by atoms with Crippen molar-refractivity contribution in [2.45, 2.75) is 39.5 Å². The highest BCUT2D eigenvalue weighted by atomic mass is 16.2. The molecule has 7 heteroatoms. The number of anilines is 2. The molecular weight excluding hydrogens is 414 g/mol. The molecule has 174 valence electrons. The van der Waals surface area contributed by atoms with Gasteiger partial charge < -0.3 is 15.5 Å². The number of guanidine groups is 1. The van der Waals surface area contributed by atoms with Gasteiger partial charge in [0.1, 0.15) is 0 Å². The normalized spacial score (nSPS) is 18.0. The molecule has 2 heterocycles. The smallest absolute Gasteiger partial charge is 0.257 e. The van der Waals surface area contributed by atoms with Crippen molar-refractivity contribution in [1.82, 2.24) is 15.5 Å². The van der Waals surface area contributed by atoms with Crippen molar-refractivity contribution in [2.75, 3.05) is 31.5 Å². The number of benzene rings is 2. The first-order chi connectivity index (χ1) is 15.9. The lowest BCUT2D eigenvalue weighted by atomic mass is 9.98. The molecule has 7 nitrogen and oxygen atoms in total. The molecule has 2 aliphatic heterocycles. The van der Waals surface area contributed by atoms with E-state index in [2.05, 4.69) is 41.7 Å². The van der Waals surface area contributed by atoms with E-state index in [1.54, 1.807) is 0 Å². The Hall–Kier alpha value is -3.35. The first-order valence-electron chi connectivity index (χ1n) is 11.8. The van der Waals surface area contributed by atoms with Crippen LogP contribution in [0, 0.1) is 5.92 Å². The van der Waals surface area contributed by atoms with Crippen molar-refractivity contribution < 1.29 is 9.59 Å². The van der Waals surface area contributed by atoms with Gasteiger partial charge in [0.2, 0.25) is 0 Å². The SMILES string of the molecule is CC1CCN(C(=O)c2cccc(Nc3ccc(C(=O)NC4=NCCCN4)cc3C(C)C)c2)C1. The minimum absolute atomic E-state index is 0.0818. The Balaban J connectivity index is 1.51. The maximum atomic E-state index is 12.9. The van der Waals surface area contributed by atoms with E-state index in [1.165, 1.54) is 0 Å². The summed E-state index contributed by atoms with van der Waals surface area (Å²) < 4.78 is 0. The Morgan fingerprint density at radius 2 is 2.00 bits per heavy atom. The minimum atomic E-state index is -0.177. The Labute approximate surface area is 195 Å². The predicted octanol–water partition coefficient (Wildman–Crippen LogP) is 4.11. The number of rotatable bonds is 5. The highest BCUT2D eigenvalue weighted by molar-refractivity contribution is 6.06. The van der Waals surface area contributed by atoms with Gasteiger partial charge in [-0.05, 0) is 66.6 Å². The maximum absolute atomic E-state index is 12.9. The second kappa shape index (κ2) is 10.1. The van der Waals surface area contributed by atoms with Gasteiger partial charge in [-0.2, -0.15) is 0 Å². The average molecular weight is 448 g/mol. The lowest BCUT2D eigenvalue weighted by molar-refractivity contribution is 0.0788. The summed E-state index contributed by atoms with van der Waals surface area (Å²) >= 11 is 0. The fourth-order valence-electron chi connectivity index (χ4n) is 4.28. The van der Waals surface area contributed by atoms with Gasteiger partial charge in [0, 0.05) is 48.7 Å². The first-order valence-corrected chi connectivity index (χ1v) is 11.8. The third-order valence-electron chi connectivity index (χ3n) is 6.16. The molecule has 0 bridgehead atoms. The fraction of sp³-hybridized carbons (Fsp3) is 0.423. The molecule has 1 fully saturated rings. The van der Waals surface area contributed by atoms with Gasteiger partial charge in [-0.25, -0.2) is 0 Å². The van der Waals surface area contributed by atoms with E-state index in [1.807, 2.05) is 47.4 Å². The molecule has 1 saturated heterocycles. The van der Waals surface area contributed by atoms with E-state index in [9.17, 15) is 9.59 Å². The fourth-order valence-corrected chi connectivity index (χ4v) is 4.28. The number of nitrogens with one attached hydrogen (secondary N) is 3. The summed E-state index contributed by atoms with van der Waals surface area (Å²) in [5.41, 5.74) is 4.09. The molecular formula is C26H33N5O2. The molecule has 2 amide bonds. The van der Waals surface area contributed by atoms with Gasteiger partial charge in [0.05, 0.1) is 0 Å². The van der Waals surface area contributed by atoms with E-state index >= 15 is 0 Å². The van der Waals surface area contributed by atoms with Gasteiger partial charge in [-0.1, -0.05) is 26.8 Å². The molecule has 0 saturated carbocycles. The first kappa shape index (κ1) is 22.8. The highest BCUT2D eigenvalue weighted by Gasteiger charge is 2.24. The summed E-state index contributed by atoms with van der Waals surface area (Å²) in [6.07, 6.45) is 2.03. The molecule has 2 aliphatic rings. The zero-order valence-corrected chi connectivity index (χ0v) is 19.6. The van der Waals surface area contributed by atoms with Gasteiger partial charge in [-0.15, -0.1) is 0 Å². The molecule has 2 aromatic rings. The van der Waals surface area contributed by atoms with Crippen LogP contribution < -0.4 is 16.0 Å². The highest BCUT2D eigenvalue weighted by Crippen LogP contribution is 2.29. The summed E-state index contributed by atoms with van der Waals surface area (Å²) in [5, 5.41) is 9.43. The van der Waals surface area contributed by atoms with Crippen molar-refractivity contribution in [1.29, 1.82) is 0 Å². The van der Waals surface area contributed by atoms with Crippen molar-refractivity contribution in [3.63, 3.8) is 0 Å². The van der Waals surface area contributed by atoms with E-state index in [-0.39, 0.29) is 17.7 Å². The van der Waals surface area contributed by atoms with E-state index in [4.69, 9.17) is 0 Å². The number of aliphatic imine (C=N–C) groups is 1. The molecule has 0 spiro atoms. The van der Waals surface area contributed by atoms with Crippen LogP contribution in [0.15, 0.2) is 47.5 Å². The number of carbonyl (C=O) groups excluding carboxylic acids is 2. The Bertz CT molecular complexity index is 1060. The number of amides is 2. The second-order valence-electron chi connectivity index (χ2n) is 9.27. The van der Waals surface area contributed by atoms with Crippen LogP contribution in [0.1, 0.15) is 65.8 Å². The minimum Gasteiger partial charge on any atom is -0.356 e. The number of nitrogens with zero attached hydrogens (tertiary/aromatic N) is 2. The van der Waals surface area contributed by atoms with Crippen LogP contribution >= 0.6 is 0 Å². The summed E-state index contributed by atoms with van der Waals surface area (Å²) in [6.45, 7) is 9.56. The van der Waals surface area contributed by atoms with Crippen LogP contribution in [-0.4, -0.2) is 48.9 Å². The van der Waals surface area contributed by atoms with Gasteiger partial charge >= 0.3 is 0 Å². The number of carbonyl (C=O) groups is 2. The molecule has 4 rings (SSSR count). The molecule has 1 atom stereocenters. The van der Waals surface area contributed by atoms with Gasteiger partial charge in [0.15, 0.2) is 5.96 Å². The molecule has 33 heavy (non-hydrogen) atoms. The average Bonchev–Trinajstić information content (AvgIpc) is 3.25.